The molecule has 0 saturated heterocycles. The molecule has 1 aromatic carbocycles. The van der Waals surface area contributed by atoms with Crippen molar-refractivity contribution in [2.45, 2.75) is 38.6 Å². The largest absolute Gasteiger partial charge is 0.349 e. The fraction of sp³-hybridized carbons (Fsp3) is 0.533. The van der Waals surface area contributed by atoms with E-state index in [1.807, 2.05) is 0 Å². The highest BCUT2D eigenvalue weighted by Crippen LogP contribution is 2.38. The number of nitrogens with one attached hydrogen (secondary N) is 1. The zero-order valence-corrected chi connectivity index (χ0v) is 12.8. The molecule has 1 aromatic rings. The molecule has 0 bridgehead atoms. The Morgan fingerprint density at radius 2 is 1.86 bits per heavy atom. The van der Waals surface area contributed by atoms with Crippen LogP contribution in [0.15, 0.2) is 18.2 Å². The molecule has 1 fully saturated rings. The van der Waals surface area contributed by atoms with Crippen molar-refractivity contribution >= 4 is 18.3 Å². The number of carbonyl (C=O) groups is 1. The summed E-state index contributed by atoms with van der Waals surface area (Å²) < 4.78 is 27.4. The molecule has 1 aliphatic carbocycles. The molecule has 0 aliphatic heterocycles. The van der Waals surface area contributed by atoms with Crippen molar-refractivity contribution in [1.29, 1.82) is 0 Å². The summed E-state index contributed by atoms with van der Waals surface area (Å²) in [4.78, 5) is 12.4. The van der Waals surface area contributed by atoms with Gasteiger partial charge in [0.25, 0.3) is 0 Å². The van der Waals surface area contributed by atoms with E-state index in [1.165, 1.54) is 18.2 Å². The minimum Gasteiger partial charge on any atom is -0.349 e. The second-order valence-electron chi connectivity index (χ2n) is 5.52. The Kier molecular flexibility index (Phi) is 6.10. The first-order chi connectivity index (χ1) is 9.50. The fourth-order valence-electron chi connectivity index (χ4n) is 2.92. The van der Waals surface area contributed by atoms with E-state index in [0.717, 1.165) is 25.7 Å². The lowest BCUT2D eigenvalue weighted by molar-refractivity contribution is -0.131. The number of rotatable bonds is 4. The van der Waals surface area contributed by atoms with Gasteiger partial charge in [-0.1, -0.05) is 18.9 Å². The molecule has 0 aromatic heterocycles. The molecular formula is C15H21ClF2N2O. The van der Waals surface area contributed by atoms with Crippen molar-refractivity contribution < 1.29 is 13.6 Å². The standard InChI is InChI=1S/C15H20F2N2O.ClH/c1-10(13-11(16)5-4-6-12(13)17)19-14(20)15(9-18)7-2-3-8-15;/h4-6,10H,2-3,7-9,18H2,1H3,(H,19,20);1H. The Labute approximate surface area is 129 Å². The topological polar surface area (TPSA) is 55.1 Å². The summed E-state index contributed by atoms with van der Waals surface area (Å²) in [5.41, 5.74) is 5.06. The summed E-state index contributed by atoms with van der Waals surface area (Å²) in [6.07, 6.45) is 3.41. The second kappa shape index (κ2) is 7.18. The van der Waals surface area contributed by atoms with Crippen LogP contribution in [0.25, 0.3) is 0 Å². The van der Waals surface area contributed by atoms with E-state index in [1.54, 1.807) is 6.92 Å². The number of carbonyl (C=O) groups excluding carboxylic acids is 1. The van der Waals surface area contributed by atoms with Crippen LogP contribution >= 0.6 is 12.4 Å². The minimum absolute atomic E-state index is 0. The molecule has 1 amide bonds. The Morgan fingerprint density at radius 1 is 1.33 bits per heavy atom. The number of amides is 1. The molecular weight excluding hydrogens is 298 g/mol. The lowest BCUT2D eigenvalue weighted by Gasteiger charge is -2.28. The first-order valence-electron chi connectivity index (χ1n) is 6.95. The van der Waals surface area contributed by atoms with E-state index in [2.05, 4.69) is 5.32 Å². The average Bonchev–Trinajstić information content (AvgIpc) is 2.88. The maximum absolute atomic E-state index is 13.7. The van der Waals surface area contributed by atoms with Crippen LogP contribution in [0.1, 0.15) is 44.2 Å². The number of hydrogen-bond donors (Lipinski definition) is 2. The van der Waals surface area contributed by atoms with E-state index in [4.69, 9.17) is 5.73 Å². The van der Waals surface area contributed by atoms with Gasteiger partial charge in [0.05, 0.1) is 11.5 Å². The van der Waals surface area contributed by atoms with E-state index >= 15 is 0 Å². The predicted octanol–water partition coefficient (Wildman–Crippen LogP) is 3.08. The number of hydrogen-bond acceptors (Lipinski definition) is 2. The van der Waals surface area contributed by atoms with Crippen LogP contribution < -0.4 is 11.1 Å². The zero-order valence-electron chi connectivity index (χ0n) is 12.0. The van der Waals surface area contributed by atoms with Crippen molar-refractivity contribution in [2.75, 3.05) is 6.54 Å². The third-order valence-corrected chi connectivity index (χ3v) is 4.21. The number of nitrogens with two attached hydrogens (primary N) is 1. The van der Waals surface area contributed by atoms with Crippen LogP contribution in [0, 0.1) is 17.0 Å². The maximum atomic E-state index is 13.7. The van der Waals surface area contributed by atoms with Crippen molar-refractivity contribution in [3.05, 3.63) is 35.4 Å². The molecule has 1 unspecified atom stereocenters. The quantitative estimate of drug-likeness (QED) is 0.896. The summed E-state index contributed by atoms with van der Waals surface area (Å²) in [7, 11) is 0. The SMILES string of the molecule is CC(NC(=O)C1(CN)CCCC1)c1c(F)cccc1F.Cl. The van der Waals surface area contributed by atoms with E-state index in [9.17, 15) is 13.6 Å². The summed E-state index contributed by atoms with van der Waals surface area (Å²) in [5.74, 6) is -1.50. The number of halogens is 3. The molecule has 3 nitrogen and oxygen atoms in total. The molecule has 1 aliphatic rings. The molecule has 2 rings (SSSR count). The van der Waals surface area contributed by atoms with Gasteiger partial charge >= 0.3 is 0 Å². The van der Waals surface area contributed by atoms with Gasteiger partial charge in [-0.15, -0.1) is 12.4 Å². The molecule has 1 saturated carbocycles. The Hall–Kier alpha value is -1.20. The molecule has 1 atom stereocenters. The highest BCUT2D eigenvalue weighted by Gasteiger charge is 2.40. The van der Waals surface area contributed by atoms with Gasteiger partial charge in [-0.25, -0.2) is 8.78 Å². The first kappa shape index (κ1) is 17.9. The van der Waals surface area contributed by atoms with Gasteiger partial charge in [0.2, 0.25) is 5.91 Å². The Balaban J connectivity index is 0.00000220. The molecule has 0 heterocycles. The highest BCUT2D eigenvalue weighted by molar-refractivity contribution is 5.85. The van der Waals surface area contributed by atoms with Gasteiger partial charge in [0.1, 0.15) is 11.6 Å². The van der Waals surface area contributed by atoms with Gasteiger partial charge < -0.3 is 11.1 Å². The van der Waals surface area contributed by atoms with Crippen molar-refractivity contribution in [3.8, 4) is 0 Å². The predicted molar refractivity (Wildman–Crippen MR) is 80.1 cm³/mol. The van der Waals surface area contributed by atoms with Gasteiger partial charge in [-0.3, -0.25) is 4.79 Å². The van der Waals surface area contributed by atoms with Gasteiger partial charge in [-0.05, 0) is 31.9 Å². The minimum atomic E-state index is -0.715. The number of benzene rings is 1. The summed E-state index contributed by atoms with van der Waals surface area (Å²) in [6, 6.07) is 2.97. The Morgan fingerprint density at radius 3 is 2.33 bits per heavy atom. The first-order valence-corrected chi connectivity index (χ1v) is 6.95. The lowest BCUT2D eigenvalue weighted by Crippen LogP contribution is -2.45. The monoisotopic (exact) mass is 318 g/mol. The van der Waals surface area contributed by atoms with E-state index in [0.29, 0.717) is 0 Å². The molecule has 3 N–H and O–H groups in total. The maximum Gasteiger partial charge on any atom is 0.227 e. The third-order valence-electron chi connectivity index (χ3n) is 4.21. The summed E-state index contributed by atoms with van der Waals surface area (Å²) in [6.45, 7) is 1.85. The van der Waals surface area contributed by atoms with Crippen molar-refractivity contribution in [2.24, 2.45) is 11.1 Å². The second-order valence-corrected chi connectivity index (χ2v) is 5.52. The van der Waals surface area contributed by atoms with Crippen LogP contribution in [-0.4, -0.2) is 12.5 Å². The molecule has 21 heavy (non-hydrogen) atoms. The summed E-state index contributed by atoms with van der Waals surface area (Å²) in [5, 5.41) is 2.71. The fourth-order valence-corrected chi connectivity index (χ4v) is 2.92. The van der Waals surface area contributed by atoms with Crippen LogP contribution in [0.4, 0.5) is 8.78 Å². The summed E-state index contributed by atoms with van der Waals surface area (Å²) >= 11 is 0. The van der Waals surface area contributed by atoms with Gasteiger partial charge in [-0.2, -0.15) is 0 Å². The molecule has 0 spiro atoms. The van der Waals surface area contributed by atoms with E-state index in [-0.39, 0.29) is 30.4 Å². The molecule has 118 valence electrons. The molecule has 6 heteroatoms. The smallest absolute Gasteiger partial charge is 0.227 e. The van der Waals surface area contributed by atoms with Gasteiger partial charge in [0.15, 0.2) is 0 Å². The average molecular weight is 319 g/mol. The zero-order chi connectivity index (χ0) is 14.8. The van der Waals surface area contributed by atoms with E-state index < -0.39 is 23.1 Å². The van der Waals surface area contributed by atoms with Crippen LogP contribution in [0.5, 0.6) is 0 Å². The van der Waals surface area contributed by atoms with Crippen molar-refractivity contribution in [1.82, 2.24) is 5.32 Å². The van der Waals surface area contributed by atoms with Crippen LogP contribution in [-0.2, 0) is 4.79 Å². The van der Waals surface area contributed by atoms with Crippen molar-refractivity contribution in [3.63, 3.8) is 0 Å². The van der Waals surface area contributed by atoms with Crippen LogP contribution in [0.2, 0.25) is 0 Å². The molecule has 0 radical (unpaired) electrons. The lowest BCUT2D eigenvalue weighted by atomic mass is 9.85. The van der Waals surface area contributed by atoms with Gasteiger partial charge in [0, 0.05) is 12.1 Å². The normalized spacial score (nSPS) is 17.9. The Bertz CT molecular complexity index is 484. The highest BCUT2D eigenvalue weighted by atomic mass is 35.5. The third kappa shape index (κ3) is 3.52. The van der Waals surface area contributed by atoms with Crippen LogP contribution in [0.3, 0.4) is 0 Å².